The molecule has 1 aromatic carbocycles. The van der Waals surface area contributed by atoms with Crippen LogP contribution in [0.2, 0.25) is 0 Å². The Bertz CT molecular complexity index is 478. The van der Waals surface area contributed by atoms with Crippen molar-refractivity contribution in [3.8, 4) is 12.3 Å². The highest BCUT2D eigenvalue weighted by Crippen LogP contribution is 2.30. The lowest BCUT2D eigenvalue weighted by Gasteiger charge is -2.35. The van der Waals surface area contributed by atoms with E-state index in [4.69, 9.17) is 11.2 Å². The molecule has 1 aliphatic heterocycles. The summed E-state index contributed by atoms with van der Waals surface area (Å²) in [4.78, 5) is 11.5. The minimum atomic E-state index is -1.23. The molecule has 88 valence electrons. The number of carboxylic acids is 1. The third-order valence-electron chi connectivity index (χ3n) is 2.91. The highest BCUT2D eigenvalue weighted by Gasteiger charge is 2.43. The molecule has 2 N–H and O–H groups in total. The van der Waals surface area contributed by atoms with Gasteiger partial charge in [-0.15, -0.1) is 6.42 Å². The lowest BCUT2D eigenvalue weighted by atomic mass is 9.85. The fourth-order valence-electron chi connectivity index (χ4n) is 2.06. The summed E-state index contributed by atoms with van der Waals surface area (Å²) in [7, 11) is 0. The Morgan fingerprint density at radius 2 is 2.35 bits per heavy atom. The predicted octanol–water partition coefficient (Wildman–Crippen LogP) is 0.719. The van der Waals surface area contributed by atoms with Crippen LogP contribution in [-0.4, -0.2) is 24.2 Å². The maximum atomic E-state index is 11.5. The van der Waals surface area contributed by atoms with Gasteiger partial charge in [-0.1, -0.05) is 30.2 Å². The SMILES string of the molecule is C#CCNC1(C(=O)O)COCc2ccccc21. The molecule has 0 amide bonds. The van der Waals surface area contributed by atoms with Crippen molar-refractivity contribution < 1.29 is 14.6 Å². The van der Waals surface area contributed by atoms with Crippen molar-refractivity contribution >= 4 is 5.97 Å². The first-order valence-electron chi connectivity index (χ1n) is 5.29. The molecule has 0 saturated carbocycles. The lowest BCUT2D eigenvalue weighted by molar-refractivity contribution is -0.149. The molecule has 0 aromatic heterocycles. The fourth-order valence-corrected chi connectivity index (χ4v) is 2.06. The maximum Gasteiger partial charge on any atom is 0.331 e. The first kappa shape index (κ1) is 11.6. The fraction of sp³-hybridized carbons (Fsp3) is 0.308. The second kappa shape index (κ2) is 4.58. The third kappa shape index (κ3) is 1.91. The average Bonchev–Trinajstić information content (AvgIpc) is 2.36. The Morgan fingerprint density at radius 1 is 1.59 bits per heavy atom. The molecule has 0 fully saturated rings. The van der Waals surface area contributed by atoms with E-state index in [1.165, 1.54) is 0 Å². The van der Waals surface area contributed by atoms with Crippen molar-refractivity contribution in [2.45, 2.75) is 12.1 Å². The number of benzene rings is 1. The molecule has 4 heteroatoms. The van der Waals surface area contributed by atoms with Gasteiger partial charge in [0.05, 0.1) is 19.8 Å². The summed E-state index contributed by atoms with van der Waals surface area (Å²) in [5, 5.41) is 12.3. The van der Waals surface area contributed by atoms with E-state index in [0.717, 1.165) is 11.1 Å². The average molecular weight is 231 g/mol. The number of carbonyl (C=O) groups is 1. The molecular formula is C13H13NO3. The molecule has 0 aliphatic carbocycles. The predicted molar refractivity (Wildman–Crippen MR) is 62.2 cm³/mol. The van der Waals surface area contributed by atoms with Crippen molar-refractivity contribution in [2.75, 3.05) is 13.2 Å². The van der Waals surface area contributed by atoms with E-state index in [2.05, 4.69) is 11.2 Å². The summed E-state index contributed by atoms with van der Waals surface area (Å²) in [6.45, 7) is 0.702. The minimum Gasteiger partial charge on any atom is -0.480 e. The van der Waals surface area contributed by atoms with E-state index in [1.807, 2.05) is 18.2 Å². The van der Waals surface area contributed by atoms with Crippen LogP contribution in [-0.2, 0) is 21.7 Å². The summed E-state index contributed by atoms with van der Waals surface area (Å²) in [5.74, 6) is 1.42. The number of fused-ring (bicyclic) bond motifs is 1. The standard InChI is InChI=1S/C13H13NO3/c1-2-7-14-13(12(15)16)9-17-8-10-5-3-4-6-11(10)13/h1,3-6,14H,7-9H2,(H,15,16). The molecule has 1 heterocycles. The molecule has 17 heavy (non-hydrogen) atoms. The molecule has 0 spiro atoms. The summed E-state index contributed by atoms with van der Waals surface area (Å²) in [6, 6.07) is 7.35. The Labute approximate surface area is 99.6 Å². The van der Waals surface area contributed by atoms with E-state index in [9.17, 15) is 9.90 Å². The number of hydrogen-bond acceptors (Lipinski definition) is 3. The molecule has 0 radical (unpaired) electrons. The zero-order valence-corrected chi connectivity index (χ0v) is 9.27. The van der Waals surface area contributed by atoms with E-state index in [1.54, 1.807) is 6.07 Å². The van der Waals surface area contributed by atoms with Gasteiger partial charge in [-0.25, -0.2) is 4.79 Å². The number of terminal acetylenes is 1. The van der Waals surface area contributed by atoms with Gasteiger partial charge in [-0.3, -0.25) is 5.32 Å². The number of hydrogen-bond donors (Lipinski definition) is 2. The highest BCUT2D eigenvalue weighted by molar-refractivity contribution is 5.82. The molecule has 1 aliphatic rings. The molecule has 2 rings (SSSR count). The molecular weight excluding hydrogens is 218 g/mol. The van der Waals surface area contributed by atoms with E-state index in [-0.39, 0.29) is 13.2 Å². The first-order chi connectivity index (χ1) is 8.20. The van der Waals surface area contributed by atoms with Gasteiger partial charge in [0.1, 0.15) is 0 Å². The van der Waals surface area contributed by atoms with Crippen LogP contribution >= 0.6 is 0 Å². The van der Waals surface area contributed by atoms with Crippen LogP contribution in [0.15, 0.2) is 24.3 Å². The Morgan fingerprint density at radius 3 is 3.06 bits per heavy atom. The summed E-state index contributed by atoms with van der Waals surface area (Å²) < 4.78 is 5.36. The quantitative estimate of drug-likeness (QED) is 0.753. The van der Waals surface area contributed by atoms with Gasteiger partial charge < -0.3 is 9.84 Å². The Balaban J connectivity index is 2.48. The first-order valence-corrected chi connectivity index (χ1v) is 5.29. The normalized spacial score (nSPS) is 22.5. The zero-order valence-electron chi connectivity index (χ0n) is 9.27. The second-order valence-electron chi connectivity index (χ2n) is 3.92. The largest absolute Gasteiger partial charge is 0.480 e. The highest BCUT2D eigenvalue weighted by atomic mass is 16.5. The van der Waals surface area contributed by atoms with E-state index in [0.29, 0.717) is 6.61 Å². The maximum absolute atomic E-state index is 11.5. The van der Waals surface area contributed by atoms with Crippen molar-refractivity contribution in [1.29, 1.82) is 0 Å². The van der Waals surface area contributed by atoms with Gasteiger partial charge in [0.15, 0.2) is 5.54 Å². The minimum absolute atomic E-state index is 0.0844. The van der Waals surface area contributed by atoms with Crippen LogP contribution in [0.4, 0.5) is 0 Å². The smallest absolute Gasteiger partial charge is 0.331 e. The van der Waals surface area contributed by atoms with Crippen molar-refractivity contribution in [3.63, 3.8) is 0 Å². The molecule has 0 bridgehead atoms. The molecule has 4 nitrogen and oxygen atoms in total. The van der Waals surface area contributed by atoms with Gasteiger partial charge in [0, 0.05) is 0 Å². The van der Waals surface area contributed by atoms with E-state index < -0.39 is 11.5 Å². The van der Waals surface area contributed by atoms with E-state index >= 15 is 0 Å². The molecule has 1 atom stereocenters. The topological polar surface area (TPSA) is 58.6 Å². The Hall–Kier alpha value is -1.83. The number of carboxylic acid groups (broad SMARTS) is 1. The van der Waals surface area contributed by atoms with Crippen LogP contribution in [0, 0.1) is 12.3 Å². The van der Waals surface area contributed by atoms with Crippen molar-refractivity contribution in [1.82, 2.24) is 5.32 Å². The van der Waals surface area contributed by atoms with Crippen LogP contribution in [0.1, 0.15) is 11.1 Å². The lowest BCUT2D eigenvalue weighted by Crippen LogP contribution is -2.55. The molecule has 1 unspecified atom stereocenters. The second-order valence-corrected chi connectivity index (χ2v) is 3.92. The summed E-state index contributed by atoms with van der Waals surface area (Å²) in [6.07, 6.45) is 5.18. The van der Waals surface area contributed by atoms with Gasteiger partial charge in [-0.2, -0.15) is 0 Å². The summed E-state index contributed by atoms with van der Waals surface area (Å²) in [5.41, 5.74) is 0.376. The van der Waals surface area contributed by atoms with Gasteiger partial charge >= 0.3 is 5.97 Å². The van der Waals surface area contributed by atoms with Crippen LogP contribution in [0.25, 0.3) is 0 Å². The van der Waals surface area contributed by atoms with Gasteiger partial charge in [0.2, 0.25) is 0 Å². The summed E-state index contributed by atoms with van der Waals surface area (Å²) >= 11 is 0. The number of ether oxygens (including phenoxy) is 1. The van der Waals surface area contributed by atoms with Crippen LogP contribution < -0.4 is 5.32 Å². The van der Waals surface area contributed by atoms with Crippen LogP contribution in [0.3, 0.4) is 0 Å². The van der Waals surface area contributed by atoms with Crippen molar-refractivity contribution in [2.24, 2.45) is 0 Å². The van der Waals surface area contributed by atoms with Gasteiger partial charge in [-0.05, 0) is 11.1 Å². The van der Waals surface area contributed by atoms with Crippen molar-refractivity contribution in [3.05, 3.63) is 35.4 Å². The Kier molecular flexibility index (Phi) is 3.14. The number of aliphatic carboxylic acids is 1. The number of nitrogens with one attached hydrogen (secondary N) is 1. The van der Waals surface area contributed by atoms with Crippen LogP contribution in [0.5, 0.6) is 0 Å². The monoisotopic (exact) mass is 231 g/mol. The number of rotatable bonds is 3. The zero-order chi connectivity index (χ0) is 12.3. The molecule has 0 saturated heterocycles. The van der Waals surface area contributed by atoms with Gasteiger partial charge in [0.25, 0.3) is 0 Å². The molecule has 1 aromatic rings. The third-order valence-corrected chi connectivity index (χ3v) is 2.91.